The molecule has 0 aliphatic heterocycles. The van der Waals surface area contributed by atoms with Gasteiger partial charge < -0.3 is 9.84 Å². The third kappa shape index (κ3) is 3.57. The summed E-state index contributed by atoms with van der Waals surface area (Å²) in [6.45, 7) is -0.710. The molecule has 0 unspecified atom stereocenters. The van der Waals surface area contributed by atoms with Crippen molar-refractivity contribution in [2.45, 2.75) is 19.2 Å². The first-order valence-electron chi connectivity index (χ1n) is 5.68. The van der Waals surface area contributed by atoms with Crippen molar-refractivity contribution in [2.24, 2.45) is 0 Å². The fourth-order valence-corrected chi connectivity index (χ4v) is 1.70. The molecule has 1 heterocycles. The van der Waals surface area contributed by atoms with E-state index in [2.05, 4.69) is 4.98 Å². The molecule has 2 rings (SSSR count). The van der Waals surface area contributed by atoms with Crippen LogP contribution in [0.4, 0.5) is 13.2 Å². The van der Waals surface area contributed by atoms with E-state index in [1.54, 1.807) is 24.3 Å². The van der Waals surface area contributed by atoms with E-state index >= 15 is 0 Å². The van der Waals surface area contributed by atoms with Crippen molar-refractivity contribution in [1.29, 1.82) is 0 Å². The van der Waals surface area contributed by atoms with Gasteiger partial charge in [-0.1, -0.05) is 18.2 Å². The molecule has 3 nitrogen and oxygen atoms in total. The summed E-state index contributed by atoms with van der Waals surface area (Å²) in [6, 6.07) is 8.51. The Morgan fingerprint density at radius 2 is 1.95 bits per heavy atom. The van der Waals surface area contributed by atoms with Crippen LogP contribution in [0.2, 0.25) is 0 Å². The molecule has 0 fully saturated rings. The van der Waals surface area contributed by atoms with Crippen LogP contribution in [0.15, 0.2) is 30.3 Å². The summed E-state index contributed by atoms with van der Waals surface area (Å²) in [4.78, 5) is 4.10. The van der Waals surface area contributed by atoms with E-state index in [1.807, 2.05) is 0 Å². The quantitative estimate of drug-likeness (QED) is 0.929. The van der Waals surface area contributed by atoms with Crippen LogP contribution in [0, 0.1) is 0 Å². The molecule has 0 atom stereocenters. The third-order valence-corrected chi connectivity index (χ3v) is 2.58. The molecule has 102 valence electrons. The molecule has 1 N–H and O–H groups in total. The molecule has 0 saturated heterocycles. The Balaban J connectivity index is 2.20. The topological polar surface area (TPSA) is 42.4 Å². The van der Waals surface area contributed by atoms with Gasteiger partial charge in [0, 0.05) is 11.5 Å². The molecule has 6 heteroatoms. The zero-order valence-electron chi connectivity index (χ0n) is 9.94. The summed E-state index contributed by atoms with van der Waals surface area (Å²) in [6.07, 6.45) is -5.29. The van der Waals surface area contributed by atoms with E-state index in [4.69, 9.17) is 4.74 Å². The lowest BCUT2D eigenvalue weighted by atomic mass is 10.1. The minimum Gasteiger partial charge on any atom is -0.477 e. The van der Waals surface area contributed by atoms with Crippen molar-refractivity contribution in [3.05, 3.63) is 35.9 Å². The monoisotopic (exact) mass is 271 g/mol. The summed E-state index contributed by atoms with van der Waals surface area (Å²) >= 11 is 0. The van der Waals surface area contributed by atoms with E-state index in [0.717, 1.165) is 5.39 Å². The number of pyridine rings is 1. The number of para-hydroxylation sites is 1. The highest BCUT2D eigenvalue weighted by Crippen LogP contribution is 2.23. The molecule has 0 aliphatic rings. The summed E-state index contributed by atoms with van der Waals surface area (Å²) in [7, 11) is 0. The van der Waals surface area contributed by atoms with Gasteiger partial charge in [-0.2, -0.15) is 13.2 Å². The number of hydrogen-bond donors (Lipinski definition) is 1. The highest BCUT2D eigenvalue weighted by atomic mass is 19.4. The number of rotatable bonds is 4. The van der Waals surface area contributed by atoms with Crippen LogP contribution in [0.1, 0.15) is 12.0 Å². The zero-order valence-corrected chi connectivity index (χ0v) is 9.94. The molecule has 19 heavy (non-hydrogen) atoms. The Labute approximate surface area is 107 Å². The second-order valence-corrected chi connectivity index (χ2v) is 4.01. The molecule has 2 aromatic rings. The molecular formula is C13H12F3NO2. The van der Waals surface area contributed by atoms with Gasteiger partial charge in [0.1, 0.15) is 0 Å². The molecule has 0 bridgehead atoms. The van der Waals surface area contributed by atoms with Gasteiger partial charge in [0.2, 0.25) is 5.88 Å². The zero-order chi connectivity index (χ0) is 13.9. The number of benzene rings is 1. The molecule has 0 amide bonds. The first kappa shape index (κ1) is 13.6. The average Bonchev–Trinajstić information content (AvgIpc) is 2.36. The number of nitrogens with zero attached hydrogens (tertiary/aromatic N) is 1. The minimum absolute atomic E-state index is 0.0898. The van der Waals surface area contributed by atoms with E-state index in [9.17, 15) is 18.3 Å². The first-order chi connectivity index (χ1) is 8.99. The van der Waals surface area contributed by atoms with Crippen molar-refractivity contribution in [2.75, 3.05) is 6.61 Å². The van der Waals surface area contributed by atoms with Gasteiger partial charge in [0.15, 0.2) is 0 Å². The lowest BCUT2D eigenvalue weighted by Crippen LogP contribution is -2.13. The number of hydrogen-bond acceptors (Lipinski definition) is 3. The van der Waals surface area contributed by atoms with E-state index < -0.39 is 19.2 Å². The number of alkyl halides is 3. The fraction of sp³-hybridized carbons (Fsp3) is 0.308. The van der Waals surface area contributed by atoms with E-state index in [1.165, 1.54) is 6.07 Å². The van der Waals surface area contributed by atoms with Gasteiger partial charge in [0.05, 0.1) is 25.2 Å². The van der Waals surface area contributed by atoms with Crippen LogP contribution in [0.5, 0.6) is 5.88 Å². The maximum Gasteiger partial charge on any atom is 0.392 e. The van der Waals surface area contributed by atoms with E-state index in [-0.39, 0.29) is 12.5 Å². The molecule has 1 aromatic carbocycles. The lowest BCUT2D eigenvalue weighted by molar-refractivity contribution is -0.139. The van der Waals surface area contributed by atoms with Crippen molar-refractivity contribution in [3.8, 4) is 5.88 Å². The minimum atomic E-state index is -4.25. The molecule has 0 radical (unpaired) electrons. The lowest BCUT2D eigenvalue weighted by Gasteiger charge is -2.10. The normalized spacial score (nSPS) is 11.8. The first-order valence-corrected chi connectivity index (χ1v) is 5.68. The van der Waals surface area contributed by atoms with Crippen LogP contribution in [-0.2, 0) is 6.61 Å². The second-order valence-electron chi connectivity index (χ2n) is 4.01. The predicted molar refractivity (Wildman–Crippen MR) is 63.8 cm³/mol. The third-order valence-electron chi connectivity index (χ3n) is 2.58. The van der Waals surface area contributed by atoms with Gasteiger partial charge in [-0.05, 0) is 11.6 Å². The van der Waals surface area contributed by atoms with Crippen LogP contribution < -0.4 is 4.74 Å². The molecule has 1 aromatic heterocycles. The van der Waals surface area contributed by atoms with Crippen molar-refractivity contribution >= 4 is 10.9 Å². The largest absolute Gasteiger partial charge is 0.477 e. The smallest absolute Gasteiger partial charge is 0.392 e. The van der Waals surface area contributed by atoms with Gasteiger partial charge in [0.25, 0.3) is 0 Å². The summed E-state index contributed by atoms with van der Waals surface area (Å²) in [5.74, 6) is 0.0898. The molecule has 0 spiro atoms. The Kier molecular flexibility index (Phi) is 3.90. The standard InChI is InChI=1S/C13H12F3NO2/c14-13(15,16)5-6-19-12-7-9(8-18)10-3-1-2-4-11(10)17-12/h1-4,7,18H,5-6,8H2. The SMILES string of the molecule is OCc1cc(OCCC(F)(F)F)nc2ccccc12. The highest BCUT2D eigenvalue weighted by Gasteiger charge is 2.26. The van der Waals surface area contributed by atoms with Gasteiger partial charge in [-0.3, -0.25) is 0 Å². The van der Waals surface area contributed by atoms with E-state index in [0.29, 0.717) is 11.1 Å². The van der Waals surface area contributed by atoms with Crippen molar-refractivity contribution in [1.82, 2.24) is 4.98 Å². The number of ether oxygens (including phenoxy) is 1. The van der Waals surface area contributed by atoms with Crippen molar-refractivity contribution < 1.29 is 23.0 Å². The van der Waals surface area contributed by atoms with Gasteiger partial charge in [-0.15, -0.1) is 0 Å². The summed E-state index contributed by atoms with van der Waals surface area (Å²) in [5, 5.41) is 10.0. The number of aliphatic hydroxyl groups excluding tert-OH is 1. The molecular weight excluding hydrogens is 259 g/mol. The Hall–Kier alpha value is -1.82. The number of halogens is 3. The van der Waals surface area contributed by atoms with Crippen molar-refractivity contribution in [3.63, 3.8) is 0 Å². The van der Waals surface area contributed by atoms with Crippen LogP contribution >= 0.6 is 0 Å². The van der Waals surface area contributed by atoms with Gasteiger partial charge in [-0.25, -0.2) is 4.98 Å². The van der Waals surface area contributed by atoms with Crippen LogP contribution in [0.3, 0.4) is 0 Å². The highest BCUT2D eigenvalue weighted by molar-refractivity contribution is 5.82. The number of fused-ring (bicyclic) bond motifs is 1. The summed E-state index contributed by atoms with van der Waals surface area (Å²) < 4.78 is 41.0. The van der Waals surface area contributed by atoms with Gasteiger partial charge >= 0.3 is 6.18 Å². The average molecular weight is 271 g/mol. The Morgan fingerprint density at radius 3 is 2.63 bits per heavy atom. The maximum atomic E-state index is 12.0. The summed E-state index contributed by atoms with van der Waals surface area (Å²) in [5.41, 5.74) is 1.16. The van der Waals surface area contributed by atoms with Crippen LogP contribution in [0.25, 0.3) is 10.9 Å². The molecule has 0 aliphatic carbocycles. The number of aliphatic hydroxyl groups is 1. The predicted octanol–water partition coefficient (Wildman–Crippen LogP) is 3.06. The maximum absolute atomic E-state index is 12.0. The van der Waals surface area contributed by atoms with Crippen LogP contribution in [-0.4, -0.2) is 22.9 Å². The Morgan fingerprint density at radius 1 is 1.21 bits per heavy atom. The second kappa shape index (κ2) is 5.44. The molecule has 0 saturated carbocycles. The fourth-order valence-electron chi connectivity index (χ4n) is 1.70. The Bertz CT molecular complexity index is 569. The number of aromatic nitrogens is 1.